The molecule has 0 bridgehead atoms. The molecular weight excluding hydrogens is 482 g/mol. The van der Waals surface area contributed by atoms with Crippen LogP contribution in [-0.4, -0.2) is 52.8 Å². The molecule has 0 radical (unpaired) electrons. The molecule has 2 aromatic rings. The molecule has 1 unspecified atom stereocenters. The van der Waals surface area contributed by atoms with Gasteiger partial charge in [-0.3, -0.25) is 5.32 Å². The van der Waals surface area contributed by atoms with Crippen LogP contribution in [0.4, 0.5) is 15.4 Å². The number of aromatic nitrogens is 1. The van der Waals surface area contributed by atoms with E-state index in [0.29, 0.717) is 35.3 Å². The van der Waals surface area contributed by atoms with E-state index in [-0.39, 0.29) is 30.3 Å². The summed E-state index contributed by atoms with van der Waals surface area (Å²) in [7, 11) is 0. The molecule has 38 heavy (non-hydrogen) atoms. The predicted octanol–water partition coefficient (Wildman–Crippen LogP) is 5.10. The average Bonchev–Trinajstić information content (AvgIpc) is 3.76. The van der Waals surface area contributed by atoms with Gasteiger partial charge in [0.25, 0.3) is 0 Å². The quantitative estimate of drug-likeness (QED) is 0.422. The first kappa shape index (κ1) is 25.0. The average molecular weight is 520 g/mol. The Hall–Kier alpha value is -3.33. The van der Waals surface area contributed by atoms with Crippen LogP contribution in [0.2, 0.25) is 0 Å². The monoisotopic (exact) mass is 519 g/mol. The Morgan fingerprint density at radius 2 is 1.97 bits per heavy atom. The Morgan fingerprint density at radius 1 is 1.13 bits per heavy atom. The van der Waals surface area contributed by atoms with Crippen molar-refractivity contribution in [1.29, 1.82) is 0 Å². The highest BCUT2D eigenvalue weighted by molar-refractivity contribution is 6.02. The van der Waals surface area contributed by atoms with E-state index in [0.717, 1.165) is 62.7 Å². The van der Waals surface area contributed by atoms with Gasteiger partial charge in [0.2, 0.25) is 0 Å². The summed E-state index contributed by atoms with van der Waals surface area (Å²) in [6.45, 7) is 2.57. The van der Waals surface area contributed by atoms with Crippen molar-refractivity contribution < 1.29 is 19.4 Å². The summed E-state index contributed by atoms with van der Waals surface area (Å²) in [6.07, 6.45) is 9.68. The number of nitrogens with one attached hydrogen (secondary N) is 3. The summed E-state index contributed by atoms with van der Waals surface area (Å²) < 4.78 is 6.11. The number of carbonyl (C=O) groups is 2. The minimum Gasteiger partial charge on any atom is -0.507 e. The molecule has 9 heteroatoms. The number of phenolic OH excluding ortho intramolecular Hbond substituents is 1. The van der Waals surface area contributed by atoms with Gasteiger partial charge in [-0.05, 0) is 80.7 Å². The fourth-order valence-electron chi connectivity index (χ4n) is 5.92. The van der Waals surface area contributed by atoms with Gasteiger partial charge in [0.05, 0.1) is 24.4 Å². The van der Waals surface area contributed by atoms with Gasteiger partial charge in [-0.2, -0.15) is 0 Å². The van der Waals surface area contributed by atoms with Crippen LogP contribution in [0.3, 0.4) is 0 Å². The lowest BCUT2D eigenvalue weighted by molar-refractivity contribution is 0.184. The summed E-state index contributed by atoms with van der Waals surface area (Å²) in [5.41, 5.74) is 3.00. The number of phenols is 1. The van der Waals surface area contributed by atoms with Crippen LogP contribution in [-0.2, 0) is 6.54 Å². The number of anilines is 1. The molecule has 1 atom stereocenters. The second-order valence-corrected chi connectivity index (χ2v) is 11.2. The van der Waals surface area contributed by atoms with Crippen molar-refractivity contribution in [2.45, 2.75) is 76.3 Å². The molecule has 4 aliphatic rings. The van der Waals surface area contributed by atoms with Crippen LogP contribution in [0.15, 0.2) is 24.3 Å². The van der Waals surface area contributed by atoms with Gasteiger partial charge in [0.15, 0.2) is 0 Å². The van der Waals surface area contributed by atoms with E-state index in [1.165, 1.54) is 24.2 Å². The number of aromatic hydroxyl groups is 1. The zero-order valence-electron chi connectivity index (χ0n) is 21.8. The normalized spacial score (nSPS) is 21.9. The first-order valence-corrected chi connectivity index (χ1v) is 14.2. The number of piperidine rings is 1. The first-order chi connectivity index (χ1) is 18.6. The molecule has 2 aliphatic carbocycles. The van der Waals surface area contributed by atoms with Crippen molar-refractivity contribution in [2.24, 2.45) is 5.92 Å². The van der Waals surface area contributed by atoms with Gasteiger partial charge in [-0.25, -0.2) is 19.5 Å². The van der Waals surface area contributed by atoms with Gasteiger partial charge in [0.1, 0.15) is 17.3 Å². The highest BCUT2D eigenvalue weighted by atomic mass is 16.5. The summed E-state index contributed by atoms with van der Waals surface area (Å²) >= 11 is 0. The minimum atomic E-state index is -0.481. The van der Waals surface area contributed by atoms with E-state index in [4.69, 9.17) is 9.72 Å². The summed E-state index contributed by atoms with van der Waals surface area (Å²) in [5, 5.41) is 20.3. The molecule has 3 heterocycles. The number of rotatable bonds is 6. The lowest BCUT2D eigenvalue weighted by Crippen LogP contribution is -2.51. The van der Waals surface area contributed by atoms with Crippen molar-refractivity contribution in [2.75, 3.05) is 25.0 Å². The summed E-state index contributed by atoms with van der Waals surface area (Å²) in [5.74, 6) is 1.91. The van der Waals surface area contributed by atoms with Crippen molar-refractivity contribution in [3.63, 3.8) is 0 Å². The number of carbonyl (C=O) groups excluding carboxylic acids is 2. The fraction of sp³-hybridized carbons (Fsp3) is 0.552. The predicted molar refractivity (Wildman–Crippen MR) is 144 cm³/mol. The molecule has 6 rings (SSSR count). The maximum absolute atomic E-state index is 13.2. The summed E-state index contributed by atoms with van der Waals surface area (Å²) in [4.78, 5) is 32.4. The molecule has 0 spiro atoms. The first-order valence-electron chi connectivity index (χ1n) is 14.2. The van der Waals surface area contributed by atoms with E-state index in [1.54, 1.807) is 12.1 Å². The van der Waals surface area contributed by atoms with Crippen molar-refractivity contribution in [1.82, 2.24) is 20.5 Å². The molecule has 9 nitrogen and oxygen atoms in total. The van der Waals surface area contributed by atoms with Gasteiger partial charge in [-0.15, -0.1) is 0 Å². The zero-order chi connectivity index (χ0) is 26.1. The van der Waals surface area contributed by atoms with E-state index in [1.807, 2.05) is 12.1 Å². The largest absolute Gasteiger partial charge is 0.507 e. The molecule has 1 aromatic carbocycles. The number of urea groups is 2. The number of benzene rings is 1. The number of ether oxygens (including phenoxy) is 1. The van der Waals surface area contributed by atoms with Crippen molar-refractivity contribution in [3.05, 3.63) is 35.4 Å². The Morgan fingerprint density at radius 3 is 2.74 bits per heavy atom. The second kappa shape index (κ2) is 10.8. The van der Waals surface area contributed by atoms with Crippen LogP contribution >= 0.6 is 0 Å². The third-order valence-corrected chi connectivity index (χ3v) is 8.29. The molecule has 202 valence electrons. The van der Waals surface area contributed by atoms with Gasteiger partial charge in [-0.1, -0.05) is 25.3 Å². The molecule has 3 fully saturated rings. The Labute approximate surface area is 223 Å². The van der Waals surface area contributed by atoms with Crippen LogP contribution < -0.4 is 20.7 Å². The zero-order valence-corrected chi connectivity index (χ0v) is 21.8. The Balaban J connectivity index is 1.35. The fourth-order valence-corrected chi connectivity index (χ4v) is 5.92. The highest BCUT2D eigenvalue weighted by Crippen LogP contribution is 2.42. The van der Waals surface area contributed by atoms with Crippen LogP contribution in [0, 0.1) is 5.92 Å². The second-order valence-electron chi connectivity index (χ2n) is 11.2. The Kier molecular flexibility index (Phi) is 7.10. The SMILES string of the molecule is O=C1Nc2nc(-c3c(O)cccc3OCC3CC3)cc(C3CCCNC3)c2CN1C(=O)NC1CCCCC1. The number of nitrogens with zero attached hydrogens (tertiary/aromatic N) is 2. The minimum absolute atomic E-state index is 0.0917. The molecule has 1 saturated heterocycles. The van der Waals surface area contributed by atoms with Gasteiger partial charge >= 0.3 is 12.1 Å². The number of pyridine rings is 1. The van der Waals surface area contributed by atoms with E-state index in [2.05, 4.69) is 16.0 Å². The molecular formula is C29H37N5O4. The number of hydrogen-bond donors (Lipinski definition) is 4. The number of hydrogen-bond acceptors (Lipinski definition) is 6. The number of amides is 4. The lowest BCUT2D eigenvalue weighted by atomic mass is 9.87. The molecule has 1 aromatic heterocycles. The van der Waals surface area contributed by atoms with Crippen LogP contribution in [0.5, 0.6) is 11.5 Å². The third kappa shape index (κ3) is 5.29. The van der Waals surface area contributed by atoms with E-state index >= 15 is 0 Å². The maximum Gasteiger partial charge on any atom is 0.331 e. The van der Waals surface area contributed by atoms with Crippen molar-refractivity contribution >= 4 is 17.9 Å². The highest BCUT2D eigenvalue weighted by Gasteiger charge is 2.34. The maximum atomic E-state index is 13.2. The van der Waals surface area contributed by atoms with Crippen LogP contribution in [0.25, 0.3) is 11.3 Å². The van der Waals surface area contributed by atoms with Crippen molar-refractivity contribution in [3.8, 4) is 22.8 Å². The third-order valence-electron chi connectivity index (χ3n) is 8.29. The lowest BCUT2D eigenvalue weighted by Gasteiger charge is -2.33. The number of fused-ring (bicyclic) bond motifs is 1. The van der Waals surface area contributed by atoms with Gasteiger partial charge < -0.3 is 20.5 Å². The standard InChI is InChI=1S/C29H37N5O4/c35-24-9-4-10-25(38-17-18-11-12-18)26(24)23-14-21(19-6-5-13-30-15-19)22-16-34(29(37)33-27(22)32-23)28(36)31-20-7-2-1-3-8-20/h4,9-10,14,18-20,30,35H,1-3,5-8,11-13,15-17H2,(H,31,36)(H,32,33,37). The molecule has 4 N–H and O–H groups in total. The Bertz CT molecular complexity index is 1200. The topological polar surface area (TPSA) is 116 Å². The van der Waals surface area contributed by atoms with E-state index in [9.17, 15) is 14.7 Å². The van der Waals surface area contributed by atoms with E-state index < -0.39 is 6.03 Å². The molecule has 4 amide bonds. The summed E-state index contributed by atoms with van der Waals surface area (Å²) in [6, 6.07) is 6.57. The molecule has 2 saturated carbocycles. The van der Waals surface area contributed by atoms with Gasteiger partial charge in [0, 0.05) is 18.2 Å². The smallest absolute Gasteiger partial charge is 0.331 e. The van der Waals surface area contributed by atoms with Crippen LogP contribution in [0.1, 0.15) is 74.8 Å². The number of imide groups is 1. The molecule has 2 aliphatic heterocycles.